The highest BCUT2D eigenvalue weighted by molar-refractivity contribution is 5.90. The molecule has 0 spiro atoms. The summed E-state index contributed by atoms with van der Waals surface area (Å²) in [7, 11) is 1.08. The van der Waals surface area contributed by atoms with Crippen molar-refractivity contribution in [2.75, 3.05) is 7.11 Å². The maximum atomic E-state index is 13.2. The van der Waals surface area contributed by atoms with Crippen LogP contribution in [0.2, 0.25) is 0 Å². The van der Waals surface area contributed by atoms with E-state index in [1.54, 1.807) is 0 Å². The molecule has 0 N–H and O–H groups in total. The Morgan fingerprint density at radius 1 is 1.53 bits per heavy atom. The highest BCUT2D eigenvalue weighted by Crippen LogP contribution is 2.22. The van der Waals surface area contributed by atoms with Gasteiger partial charge in [0.2, 0.25) is 0 Å². The number of esters is 1. The molecule has 0 heterocycles. The number of nitrogens with zero attached hydrogens (tertiary/aromatic N) is 1. The van der Waals surface area contributed by atoms with Crippen molar-refractivity contribution < 1.29 is 18.8 Å². The molecule has 0 atom stereocenters. The van der Waals surface area contributed by atoms with Crippen molar-refractivity contribution in [3.63, 3.8) is 0 Å². The van der Waals surface area contributed by atoms with Crippen LogP contribution in [-0.4, -0.2) is 18.0 Å². The number of hydrogen-bond donors (Lipinski definition) is 0. The predicted octanol–water partition coefficient (Wildman–Crippen LogP) is 1.83. The first kappa shape index (κ1) is 11.1. The maximum Gasteiger partial charge on any atom is 0.341 e. The van der Waals surface area contributed by atoms with E-state index in [0.29, 0.717) is 0 Å². The van der Waals surface area contributed by atoms with Crippen LogP contribution < -0.4 is 0 Å². The number of aryl methyl sites for hydroxylation is 1. The first-order valence-electron chi connectivity index (χ1n) is 4.00. The molecule has 0 fully saturated rings. The van der Waals surface area contributed by atoms with Gasteiger partial charge in [0, 0.05) is 11.6 Å². The largest absolute Gasteiger partial charge is 0.465 e. The third-order valence-electron chi connectivity index (χ3n) is 1.89. The van der Waals surface area contributed by atoms with Crippen molar-refractivity contribution in [2.24, 2.45) is 0 Å². The summed E-state index contributed by atoms with van der Waals surface area (Å²) in [6.07, 6.45) is 0. The van der Waals surface area contributed by atoms with Gasteiger partial charge < -0.3 is 4.74 Å². The van der Waals surface area contributed by atoms with Crippen LogP contribution in [0, 0.1) is 22.9 Å². The molecule has 0 amide bonds. The number of nitro benzene ring substituents is 1. The highest BCUT2D eigenvalue weighted by atomic mass is 19.1. The Balaban J connectivity index is 3.36. The first-order valence-corrected chi connectivity index (χ1v) is 4.00. The molecule has 1 rings (SSSR count). The molecule has 0 aromatic heterocycles. The second-order valence-corrected chi connectivity index (χ2v) is 2.87. The number of rotatable bonds is 2. The SMILES string of the molecule is COC(=O)c1cc([N+](=O)[O-])c(C)cc1F. The smallest absolute Gasteiger partial charge is 0.341 e. The molecule has 1 aromatic carbocycles. The summed E-state index contributed by atoms with van der Waals surface area (Å²) in [6.45, 7) is 1.39. The van der Waals surface area contributed by atoms with Crippen LogP contribution in [0.1, 0.15) is 15.9 Å². The predicted molar refractivity (Wildman–Crippen MR) is 49.1 cm³/mol. The Kier molecular flexibility index (Phi) is 2.99. The van der Waals surface area contributed by atoms with Crippen molar-refractivity contribution >= 4 is 11.7 Å². The molecular formula is C9H8FNO4. The first-order chi connectivity index (χ1) is 6.97. The summed E-state index contributed by atoms with van der Waals surface area (Å²) in [5.41, 5.74) is -0.586. The van der Waals surface area contributed by atoms with Gasteiger partial charge in [-0.25, -0.2) is 9.18 Å². The highest BCUT2D eigenvalue weighted by Gasteiger charge is 2.20. The summed E-state index contributed by atoms with van der Waals surface area (Å²) in [6, 6.07) is 1.81. The Labute approximate surface area is 84.6 Å². The second-order valence-electron chi connectivity index (χ2n) is 2.87. The summed E-state index contributed by atoms with van der Waals surface area (Å²) in [4.78, 5) is 20.9. The molecule has 80 valence electrons. The van der Waals surface area contributed by atoms with E-state index < -0.39 is 22.3 Å². The minimum atomic E-state index is -0.935. The lowest BCUT2D eigenvalue weighted by Crippen LogP contribution is -2.06. The zero-order chi connectivity index (χ0) is 11.6. The molecule has 6 heteroatoms. The topological polar surface area (TPSA) is 69.4 Å². The molecule has 15 heavy (non-hydrogen) atoms. The Morgan fingerprint density at radius 3 is 2.60 bits per heavy atom. The molecule has 0 saturated heterocycles. The van der Waals surface area contributed by atoms with E-state index in [9.17, 15) is 19.3 Å². The van der Waals surface area contributed by atoms with E-state index in [4.69, 9.17) is 0 Å². The minimum Gasteiger partial charge on any atom is -0.465 e. The molecule has 0 aliphatic heterocycles. The monoisotopic (exact) mass is 213 g/mol. The van der Waals surface area contributed by atoms with E-state index in [0.717, 1.165) is 19.2 Å². The lowest BCUT2D eigenvalue weighted by atomic mass is 10.1. The van der Waals surface area contributed by atoms with Crippen molar-refractivity contribution in [1.82, 2.24) is 0 Å². The van der Waals surface area contributed by atoms with Crippen molar-refractivity contribution in [2.45, 2.75) is 6.92 Å². The minimum absolute atomic E-state index is 0.158. The van der Waals surface area contributed by atoms with Crippen LogP contribution >= 0.6 is 0 Å². The van der Waals surface area contributed by atoms with Gasteiger partial charge in [0.15, 0.2) is 0 Å². The van der Waals surface area contributed by atoms with Crippen LogP contribution in [0.5, 0.6) is 0 Å². The number of hydrogen-bond acceptors (Lipinski definition) is 4. The molecule has 5 nitrogen and oxygen atoms in total. The molecule has 0 aliphatic rings. The summed E-state index contributed by atoms with van der Waals surface area (Å²) >= 11 is 0. The van der Waals surface area contributed by atoms with E-state index in [1.807, 2.05) is 0 Å². The Morgan fingerprint density at radius 2 is 2.13 bits per heavy atom. The van der Waals surface area contributed by atoms with Crippen LogP contribution in [0.4, 0.5) is 10.1 Å². The molecule has 1 aromatic rings. The number of halogens is 1. The van der Waals surface area contributed by atoms with Gasteiger partial charge in [-0.3, -0.25) is 10.1 Å². The van der Waals surface area contributed by atoms with Gasteiger partial charge in [0.05, 0.1) is 12.0 Å². The number of methoxy groups -OCH3 is 1. The standard InChI is InChI=1S/C9H8FNO4/c1-5-3-7(10)6(9(12)15-2)4-8(5)11(13)14/h3-4H,1-2H3. The van der Waals surface area contributed by atoms with Gasteiger partial charge in [-0.15, -0.1) is 0 Å². The number of carbonyl (C=O) groups excluding carboxylic acids is 1. The maximum absolute atomic E-state index is 13.2. The molecular weight excluding hydrogens is 205 g/mol. The van der Waals surface area contributed by atoms with Gasteiger partial charge in [0.1, 0.15) is 11.4 Å². The lowest BCUT2D eigenvalue weighted by Gasteiger charge is -2.02. The summed E-state index contributed by atoms with van der Waals surface area (Å²) in [5, 5.41) is 10.5. The van der Waals surface area contributed by atoms with Crippen LogP contribution in [0.25, 0.3) is 0 Å². The average Bonchev–Trinajstić information content (AvgIpc) is 2.16. The second kappa shape index (κ2) is 4.04. The lowest BCUT2D eigenvalue weighted by molar-refractivity contribution is -0.385. The third kappa shape index (κ3) is 2.09. The zero-order valence-electron chi connectivity index (χ0n) is 8.11. The van der Waals surface area contributed by atoms with Crippen LogP contribution in [-0.2, 0) is 4.74 Å². The van der Waals surface area contributed by atoms with Gasteiger partial charge in [0.25, 0.3) is 5.69 Å². The summed E-state index contributed by atoms with van der Waals surface area (Å²) in [5.74, 6) is -1.76. The third-order valence-corrected chi connectivity index (χ3v) is 1.89. The normalized spacial score (nSPS) is 9.80. The number of carbonyl (C=O) groups is 1. The van der Waals surface area contributed by atoms with Gasteiger partial charge >= 0.3 is 5.97 Å². The van der Waals surface area contributed by atoms with E-state index in [2.05, 4.69) is 4.74 Å². The van der Waals surface area contributed by atoms with Crippen molar-refractivity contribution in [3.8, 4) is 0 Å². The van der Waals surface area contributed by atoms with E-state index in [1.165, 1.54) is 6.92 Å². The zero-order valence-corrected chi connectivity index (χ0v) is 8.11. The molecule has 0 aliphatic carbocycles. The quantitative estimate of drug-likeness (QED) is 0.427. The van der Waals surface area contributed by atoms with E-state index in [-0.39, 0.29) is 11.3 Å². The molecule has 0 radical (unpaired) electrons. The number of ether oxygens (including phenoxy) is 1. The van der Waals surface area contributed by atoms with Gasteiger partial charge in [-0.05, 0) is 13.0 Å². The number of nitro groups is 1. The van der Waals surface area contributed by atoms with E-state index >= 15 is 0 Å². The molecule has 0 unspecified atom stereocenters. The Hall–Kier alpha value is -1.98. The number of benzene rings is 1. The van der Waals surface area contributed by atoms with Crippen LogP contribution in [0.3, 0.4) is 0 Å². The average molecular weight is 213 g/mol. The Bertz CT molecular complexity index is 430. The fourth-order valence-corrected chi connectivity index (χ4v) is 1.12. The van der Waals surface area contributed by atoms with Gasteiger partial charge in [-0.1, -0.05) is 0 Å². The van der Waals surface area contributed by atoms with Crippen molar-refractivity contribution in [3.05, 3.63) is 39.2 Å². The fraction of sp³-hybridized carbons (Fsp3) is 0.222. The van der Waals surface area contributed by atoms with Crippen molar-refractivity contribution in [1.29, 1.82) is 0 Å². The van der Waals surface area contributed by atoms with Crippen LogP contribution in [0.15, 0.2) is 12.1 Å². The molecule has 0 bridgehead atoms. The molecule has 0 saturated carbocycles. The van der Waals surface area contributed by atoms with Gasteiger partial charge in [-0.2, -0.15) is 0 Å². The summed E-state index contributed by atoms with van der Waals surface area (Å²) < 4.78 is 17.5. The fourth-order valence-electron chi connectivity index (χ4n) is 1.12.